The van der Waals surface area contributed by atoms with E-state index in [1.807, 2.05) is 55.5 Å². The summed E-state index contributed by atoms with van der Waals surface area (Å²) in [6.45, 7) is 5.85. The lowest BCUT2D eigenvalue weighted by molar-refractivity contribution is 0.103. The van der Waals surface area contributed by atoms with Crippen LogP contribution < -0.4 is 0 Å². The Morgan fingerprint density at radius 1 is 0.955 bits per heavy atom. The molecule has 110 valence electrons. The largest absolute Gasteiger partial charge is 0.289 e. The molecule has 0 spiro atoms. The van der Waals surface area contributed by atoms with Crippen molar-refractivity contribution >= 4 is 17.5 Å². The molecule has 2 aromatic carbocycles. The van der Waals surface area contributed by atoms with Crippen molar-refractivity contribution in [2.75, 3.05) is 0 Å². The van der Waals surface area contributed by atoms with Crippen LogP contribution in [0.5, 0.6) is 0 Å². The van der Waals surface area contributed by atoms with Gasteiger partial charge >= 0.3 is 0 Å². The molecule has 0 saturated carbocycles. The molecule has 0 aromatic heterocycles. The van der Waals surface area contributed by atoms with Crippen LogP contribution in [0.25, 0.3) is 0 Å². The van der Waals surface area contributed by atoms with E-state index in [0.717, 1.165) is 4.91 Å². The van der Waals surface area contributed by atoms with E-state index in [2.05, 4.69) is 18.7 Å². The first kappa shape index (κ1) is 16.1. The molecule has 0 aliphatic carbocycles. The maximum absolute atomic E-state index is 12.2. The van der Waals surface area contributed by atoms with Gasteiger partial charge in [0.05, 0.1) is 0 Å². The molecule has 0 saturated heterocycles. The minimum Gasteiger partial charge on any atom is -0.289 e. The van der Waals surface area contributed by atoms with E-state index in [-0.39, 0.29) is 5.78 Å². The summed E-state index contributed by atoms with van der Waals surface area (Å²) in [5, 5.41) is 0. The predicted octanol–water partition coefficient (Wildman–Crippen LogP) is 5.68. The van der Waals surface area contributed by atoms with E-state index < -0.39 is 0 Å². The smallest absolute Gasteiger partial charge is 0.192 e. The van der Waals surface area contributed by atoms with Gasteiger partial charge in [-0.2, -0.15) is 0 Å². The summed E-state index contributed by atoms with van der Waals surface area (Å²) < 4.78 is 0. The Balaban J connectivity index is 2.03. The van der Waals surface area contributed by atoms with Gasteiger partial charge < -0.3 is 0 Å². The molecule has 0 atom stereocenters. The molecule has 0 bridgehead atoms. The second-order valence-electron chi connectivity index (χ2n) is 4.66. The van der Waals surface area contributed by atoms with Crippen LogP contribution in [0.4, 0.5) is 0 Å². The number of hydrogen-bond donors (Lipinski definition) is 0. The predicted molar refractivity (Wildman–Crippen MR) is 95.1 cm³/mol. The lowest BCUT2D eigenvalue weighted by atomic mass is 10.0. The van der Waals surface area contributed by atoms with Crippen molar-refractivity contribution in [3.05, 3.63) is 102 Å². The van der Waals surface area contributed by atoms with Crippen LogP contribution in [0.2, 0.25) is 0 Å². The maximum atomic E-state index is 12.2. The van der Waals surface area contributed by atoms with Crippen molar-refractivity contribution in [2.24, 2.45) is 0 Å². The minimum absolute atomic E-state index is 0.0444. The summed E-state index contributed by atoms with van der Waals surface area (Å²) in [5.41, 5.74) is 1.15. The van der Waals surface area contributed by atoms with Crippen LogP contribution in [0, 0.1) is 0 Å². The first-order valence-electron chi connectivity index (χ1n) is 7.06. The van der Waals surface area contributed by atoms with Gasteiger partial charge in [-0.05, 0) is 25.1 Å². The molecular formula is C20H18OS. The monoisotopic (exact) mass is 306 g/mol. The zero-order valence-corrected chi connectivity index (χ0v) is 13.3. The standard InChI is InChI=1S/C20H18OS/c1-3-18(22-19-12-8-5-9-13-19)15-14-16(2)20(21)17-10-6-4-7-11-17/h3-15H,2H2,1H3/b15-14-,18-3+. The van der Waals surface area contributed by atoms with E-state index in [4.69, 9.17) is 0 Å². The zero-order chi connectivity index (χ0) is 15.8. The Morgan fingerprint density at radius 2 is 1.55 bits per heavy atom. The fourth-order valence-corrected chi connectivity index (χ4v) is 2.67. The number of thioether (sulfide) groups is 1. The summed E-state index contributed by atoms with van der Waals surface area (Å²) >= 11 is 1.66. The van der Waals surface area contributed by atoms with Crippen molar-refractivity contribution < 1.29 is 4.79 Å². The lowest BCUT2D eigenvalue weighted by Crippen LogP contribution is -1.99. The third kappa shape index (κ3) is 4.61. The van der Waals surface area contributed by atoms with Crippen molar-refractivity contribution in [1.29, 1.82) is 0 Å². The van der Waals surface area contributed by atoms with E-state index in [9.17, 15) is 4.79 Å². The molecule has 0 N–H and O–H groups in total. The number of hydrogen-bond acceptors (Lipinski definition) is 2. The quantitative estimate of drug-likeness (QED) is 0.296. The molecule has 0 aliphatic heterocycles. The maximum Gasteiger partial charge on any atom is 0.192 e. The number of rotatable bonds is 6. The average molecular weight is 306 g/mol. The normalized spacial score (nSPS) is 11.6. The van der Waals surface area contributed by atoms with Crippen molar-refractivity contribution in [3.63, 3.8) is 0 Å². The summed E-state index contributed by atoms with van der Waals surface area (Å²) in [7, 11) is 0. The SMILES string of the molecule is C=C(/C=C\C(=C/C)Sc1ccccc1)C(=O)c1ccccc1. The highest BCUT2D eigenvalue weighted by Gasteiger charge is 2.06. The summed E-state index contributed by atoms with van der Waals surface area (Å²) in [6.07, 6.45) is 5.73. The fourth-order valence-electron chi connectivity index (χ4n) is 1.85. The molecule has 2 heteroatoms. The highest BCUT2D eigenvalue weighted by Crippen LogP contribution is 2.27. The van der Waals surface area contributed by atoms with Gasteiger partial charge in [-0.25, -0.2) is 0 Å². The molecule has 1 nitrogen and oxygen atoms in total. The molecule has 0 radical (unpaired) electrons. The number of allylic oxidation sites excluding steroid dienone is 4. The first-order valence-corrected chi connectivity index (χ1v) is 7.88. The van der Waals surface area contributed by atoms with Crippen molar-refractivity contribution in [1.82, 2.24) is 0 Å². The summed E-state index contributed by atoms with van der Waals surface area (Å²) in [4.78, 5) is 14.5. The van der Waals surface area contributed by atoms with Gasteiger partial charge in [0, 0.05) is 20.9 Å². The number of carbonyl (C=O) groups is 1. The first-order chi connectivity index (χ1) is 10.7. The molecule has 2 rings (SSSR count). The van der Waals surface area contributed by atoms with E-state index in [1.165, 1.54) is 4.90 Å². The highest BCUT2D eigenvalue weighted by molar-refractivity contribution is 8.03. The number of ketones is 1. The van der Waals surface area contributed by atoms with E-state index in [1.54, 1.807) is 30.0 Å². The number of carbonyl (C=O) groups excluding carboxylic acids is 1. The third-order valence-electron chi connectivity index (χ3n) is 3.04. The van der Waals surface area contributed by atoms with E-state index >= 15 is 0 Å². The van der Waals surface area contributed by atoms with Gasteiger partial charge in [0.25, 0.3) is 0 Å². The zero-order valence-electron chi connectivity index (χ0n) is 12.5. The number of benzene rings is 2. The lowest BCUT2D eigenvalue weighted by Gasteiger charge is -2.03. The Hall–Kier alpha value is -2.32. The molecule has 0 fully saturated rings. The van der Waals surface area contributed by atoms with Crippen LogP contribution in [-0.4, -0.2) is 5.78 Å². The molecule has 0 heterocycles. The molecule has 22 heavy (non-hydrogen) atoms. The molecule has 0 unspecified atom stereocenters. The fraction of sp³-hybridized carbons (Fsp3) is 0.0500. The Kier molecular flexibility index (Phi) is 5.99. The highest BCUT2D eigenvalue weighted by atomic mass is 32.2. The topological polar surface area (TPSA) is 17.1 Å². The van der Waals surface area contributed by atoms with Gasteiger partial charge in [0.15, 0.2) is 5.78 Å². The van der Waals surface area contributed by atoms with E-state index in [0.29, 0.717) is 11.1 Å². The van der Waals surface area contributed by atoms with Gasteiger partial charge in [-0.3, -0.25) is 4.79 Å². The van der Waals surface area contributed by atoms with Crippen LogP contribution in [-0.2, 0) is 0 Å². The van der Waals surface area contributed by atoms with Crippen LogP contribution >= 0.6 is 11.8 Å². The van der Waals surface area contributed by atoms with Gasteiger partial charge in [0.2, 0.25) is 0 Å². The molecular weight excluding hydrogens is 288 g/mol. The van der Waals surface area contributed by atoms with Crippen LogP contribution in [0.1, 0.15) is 17.3 Å². The Bertz CT molecular complexity index is 693. The van der Waals surface area contributed by atoms with Crippen LogP contribution in [0.3, 0.4) is 0 Å². The minimum atomic E-state index is -0.0444. The van der Waals surface area contributed by atoms with Crippen LogP contribution in [0.15, 0.2) is 101 Å². The molecule has 2 aromatic rings. The number of Topliss-reactive ketones (excluding diaryl/α,β-unsaturated/α-hetero) is 1. The molecule has 0 aliphatic rings. The Morgan fingerprint density at radius 3 is 2.14 bits per heavy atom. The summed E-state index contributed by atoms with van der Waals surface area (Å²) in [5.74, 6) is -0.0444. The summed E-state index contributed by atoms with van der Waals surface area (Å²) in [6, 6.07) is 19.3. The molecule has 0 amide bonds. The van der Waals surface area contributed by atoms with Gasteiger partial charge in [-0.1, -0.05) is 79.0 Å². The van der Waals surface area contributed by atoms with Crippen molar-refractivity contribution in [2.45, 2.75) is 11.8 Å². The van der Waals surface area contributed by atoms with Crippen molar-refractivity contribution in [3.8, 4) is 0 Å². The average Bonchev–Trinajstić information content (AvgIpc) is 2.59. The Labute approximate surface area is 136 Å². The van der Waals surface area contributed by atoms with Gasteiger partial charge in [0.1, 0.15) is 0 Å². The second-order valence-corrected chi connectivity index (χ2v) is 5.81. The van der Waals surface area contributed by atoms with Gasteiger partial charge in [-0.15, -0.1) is 0 Å². The third-order valence-corrected chi connectivity index (χ3v) is 4.16. The second kappa shape index (κ2) is 8.20.